The number of anilines is 1. The number of imidazole rings is 1. The van der Waals surface area contributed by atoms with Gasteiger partial charge in [0.25, 0.3) is 0 Å². The largest absolute Gasteiger partial charge is 0.449 e. The molecule has 2 N–H and O–H groups in total. The van der Waals surface area contributed by atoms with Gasteiger partial charge in [0.2, 0.25) is 5.82 Å². The van der Waals surface area contributed by atoms with Crippen LogP contribution in [0.5, 0.6) is 0 Å². The average molecular weight is 285 g/mol. The van der Waals surface area contributed by atoms with Gasteiger partial charge in [0.1, 0.15) is 0 Å². The normalized spacial score (nSPS) is 23.0. The molecule has 1 aliphatic carbocycles. The molecule has 1 fully saturated rings. The lowest BCUT2D eigenvalue weighted by molar-refractivity contribution is -0.149. The predicted octanol–water partition coefficient (Wildman–Crippen LogP) is 2.99. The van der Waals surface area contributed by atoms with E-state index in [0.29, 0.717) is 24.0 Å². The number of ether oxygens (including phenoxy) is 1. The molecule has 0 unspecified atom stereocenters. The Morgan fingerprint density at radius 1 is 1.35 bits per heavy atom. The molecule has 1 aliphatic rings. The second-order valence-electron chi connectivity index (χ2n) is 5.03. The van der Waals surface area contributed by atoms with Crippen LogP contribution in [0.3, 0.4) is 0 Å². The molecule has 108 valence electrons. The molecule has 1 saturated carbocycles. The summed E-state index contributed by atoms with van der Waals surface area (Å²) in [5, 5.41) is 0. The van der Waals surface area contributed by atoms with Crippen LogP contribution in [0, 0.1) is 0 Å². The molecule has 3 rings (SSSR count). The van der Waals surface area contributed by atoms with Gasteiger partial charge in [0, 0.05) is 18.8 Å². The highest BCUT2D eigenvalue weighted by Gasteiger charge is 2.42. The fourth-order valence-electron chi connectivity index (χ4n) is 2.63. The van der Waals surface area contributed by atoms with Crippen molar-refractivity contribution >= 4 is 16.7 Å². The van der Waals surface area contributed by atoms with E-state index in [0.717, 1.165) is 0 Å². The fraction of sp³-hybridized carbons (Fsp3) is 0.462. The number of nitrogens with two attached hydrogens (primary N) is 1. The molecule has 7 heteroatoms. The standard InChI is InChI=1S/C13H14F3N3O/c1-20-9-5-8(6-9)19-11-3-2-7(17)4-10(11)18-12(19)13(14,15)16/h2-4,8-9H,5-6,17H2,1H3. The van der Waals surface area contributed by atoms with Crippen LogP contribution >= 0.6 is 0 Å². The van der Waals surface area contributed by atoms with Crippen molar-refractivity contribution in [3.05, 3.63) is 24.0 Å². The van der Waals surface area contributed by atoms with Crippen molar-refractivity contribution in [3.63, 3.8) is 0 Å². The summed E-state index contributed by atoms with van der Waals surface area (Å²) in [7, 11) is 1.57. The number of fused-ring (bicyclic) bond motifs is 1. The van der Waals surface area contributed by atoms with Crippen molar-refractivity contribution in [2.75, 3.05) is 12.8 Å². The van der Waals surface area contributed by atoms with E-state index in [9.17, 15) is 13.2 Å². The second kappa shape index (κ2) is 4.37. The molecule has 0 atom stereocenters. The first kappa shape index (κ1) is 13.2. The Balaban J connectivity index is 2.12. The van der Waals surface area contributed by atoms with E-state index in [1.54, 1.807) is 19.2 Å². The van der Waals surface area contributed by atoms with Crippen molar-refractivity contribution in [1.82, 2.24) is 9.55 Å². The number of nitrogen functional groups attached to an aromatic ring is 1. The number of aromatic nitrogens is 2. The lowest BCUT2D eigenvalue weighted by Gasteiger charge is -2.36. The van der Waals surface area contributed by atoms with Gasteiger partial charge in [-0.05, 0) is 31.0 Å². The quantitative estimate of drug-likeness (QED) is 0.863. The highest BCUT2D eigenvalue weighted by molar-refractivity contribution is 5.80. The van der Waals surface area contributed by atoms with E-state index < -0.39 is 12.0 Å². The van der Waals surface area contributed by atoms with Crippen LogP contribution < -0.4 is 5.73 Å². The van der Waals surface area contributed by atoms with Crippen LogP contribution in [0.25, 0.3) is 11.0 Å². The Hall–Kier alpha value is -1.76. The van der Waals surface area contributed by atoms with E-state index in [1.807, 2.05) is 0 Å². The number of rotatable bonds is 2. The summed E-state index contributed by atoms with van der Waals surface area (Å²) in [6.45, 7) is 0. The van der Waals surface area contributed by atoms with Crippen molar-refractivity contribution in [2.24, 2.45) is 0 Å². The number of hydrogen-bond acceptors (Lipinski definition) is 3. The van der Waals surface area contributed by atoms with Crippen molar-refractivity contribution in [3.8, 4) is 0 Å². The summed E-state index contributed by atoms with van der Waals surface area (Å²) in [6.07, 6.45) is -3.33. The number of nitrogens with zero attached hydrogens (tertiary/aromatic N) is 2. The Morgan fingerprint density at radius 3 is 2.65 bits per heavy atom. The minimum Gasteiger partial charge on any atom is -0.399 e. The van der Waals surface area contributed by atoms with Gasteiger partial charge in [0.05, 0.1) is 17.1 Å². The first-order valence-corrected chi connectivity index (χ1v) is 6.27. The SMILES string of the molecule is COC1CC(n2c(C(F)(F)F)nc3cc(N)ccc32)C1. The molecular weight excluding hydrogens is 271 g/mol. The summed E-state index contributed by atoms with van der Waals surface area (Å²) in [5.74, 6) is -0.863. The van der Waals surface area contributed by atoms with E-state index in [-0.39, 0.29) is 17.7 Å². The molecule has 0 radical (unpaired) electrons. The van der Waals surface area contributed by atoms with Crippen LogP contribution in [-0.4, -0.2) is 22.8 Å². The molecule has 0 bridgehead atoms. The maximum Gasteiger partial charge on any atom is 0.449 e. The Morgan fingerprint density at radius 2 is 2.05 bits per heavy atom. The monoisotopic (exact) mass is 285 g/mol. The molecule has 0 saturated heterocycles. The topological polar surface area (TPSA) is 53.1 Å². The van der Waals surface area contributed by atoms with Gasteiger partial charge in [0.15, 0.2) is 0 Å². The van der Waals surface area contributed by atoms with Gasteiger partial charge in [-0.2, -0.15) is 13.2 Å². The number of methoxy groups -OCH3 is 1. The van der Waals surface area contributed by atoms with E-state index in [2.05, 4.69) is 4.98 Å². The first-order chi connectivity index (χ1) is 9.40. The molecule has 1 heterocycles. The average Bonchev–Trinajstić information content (AvgIpc) is 2.66. The summed E-state index contributed by atoms with van der Waals surface area (Å²) in [5.41, 5.74) is 6.75. The Labute approximate surface area is 113 Å². The molecule has 4 nitrogen and oxygen atoms in total. The molecule has 0 aliphatic heterocycles. The second-order valence-corrected chi connectivity index (χ2v) is 5.03. The van der Waals surface area contributed by atoms with Gasteiger partial charge in [-0.1, -0.05) is 0 Å². The van der Waals surface area contributed by atoms with Crippen LogP contribution in [0.4, 0.5) is 18.9 Å². The third-order valence-corrected chi connectivity index (χ3v) is 3.74. The zero-order valence-corrected chi connectivity index (χ0v) is 10.8. The zero-order valence-electron chi connectivity index (χ0n) is 10.8. The van der Waals surface area contributed by atoms with E-state index >= 15 is 0 Å². The first-order valence-electron chi connectivity index (χ1n) is 6.27. The molecule has 20 heavy (non-hydrogen) atoms. The minimum absolute atomic E-state index is 0.0207. The maximum absolute atomic E-state index is 13.1. The summed E-state index contributed by atoms with van der Waals surface area (Å²) in [6, 6.07) is 4.42. The van der Waals surface area contributed by atoms with Gasteiger partial charge >= 0.3 is 6.18 Å². The predicted molar refractivity (Wildman–Crippen MR) is 68.2 cm³/mol. The number of halogens is 3. The Kier molecular flexibility index (Phi) is 2.89. The lowest BCUT2D eigenvalue weighted by atomic mass is 9.88. The molecule has 1 aromatic carbocycles. The molecule has 0 spiro atoms. The molecule has 1 aromatic heterocycles. The third-order valence-electron chi connectivity index (χ3n) is 3.74. The van der Waals surface area contributed by atoms with E-state index in [1.165, 1.54) is 10.6 Å². The lowest BCUT2D eigenvalue weighted by Crippen LogP contribution is -2.34. The highest BCUT2D eigenvalue weighted by Crippen LogP contribution is 2.41. The smallest absolute Gasteiger partial charge is 0.399 e. The number of alkyl halides is 3. The third kappa shape index (κ3) is 2.02. The van der Waals surface area contributed by atoms with Crippen LogP contribution in [0.15, 0.2) is 18.2 Å². The van der Waals surface area contributed by atoms with Crippen LogP contribution in [0.1, 0.15) is 24.7 Å². The van der Waals surface area contributed by atoms with Crippen molar-refractivity contribution in [1.29, 1.82) is 0 Å². The van der Waals surface area contributed by atoms with Crippen molar-refractivity contribution in [2.45, 2.75) is 31.2 Å². The van der Waals surface area contributed by atoms with Gasteiger partial charge < -0.3 is 15.0 Å². The summed E-state index contributed by atoms with van der Waals surface area (Å²) in [4.78, 5) is 3.72. The van der Waals surface area contributed by atoms with E-state index in [4.69, 9.17) is 10.5 Å². The van der Waals surface area contributed by atoms with Crippen LogP contribution in [0.2, 0.25) is 0 Å². The van der Waals surface area contributed by atoms with Gasteiger partial charge in [-0.3, -0.25) is 0 Å². The van der Waals surface area contributed by atoms with Crippen LogP contribution in [-0.2, 0) is 10.9 Å². The van der Waals surface area contributed by atoms with Crippen molar-refractivity contribution < 1.29 is 17.9 Å². The molecule has 0 amide bonds. The zero-order chi connectivity index (χ0) is 14.5. The minimum atomic E-state index is -4.48. The van der Waals surface area contributed by atoms with Gasteiger partial charge in [-0.25, -0.2) is 4.98 Å². The maximum atomic E-state index is 13.1. The van der Waals surface area contributed by atoms with Gasteiger partial charge in [-0.15, -0.1) is 0 Å². The fourth-order valence-corrected chi connectivity index (χ4v) is 2.63. The Bertz CT molecular complexity index is 644. The number of hydrogen-bond donors (Lipinski definition) is 1. The molecule has 2 aromatic rings. The molecular formula is C13H14F3N3O. The highest BCUT2D eigenvalue weighted by atomic mass is 19.4. The summed E-state index contributed by atoms with van der Waals surface area (Å²) >= 11 is 0. The summed E-state index contributed by atoms with van der Waals surface area (Å²) < 4.78 is 45.8. The number of benzene rings is 1.